The Labute approximate surface area is 151 Å². The zero-order valence-corrected chi connectivity index (χ0v) is 15.5. The van der Waals surface area contributed by atoms with Gasteiger partial charge in [0.25, 0.3) is 0 Å². The molecule has 0 aliphatic carbocycles. The number of benzene rings is 1. The van der Waals surface area contributed by atoms with Crippen LogP contribution in [0.2, 0.25) is 5.02 Å². The van der Waals surface area contributed by atoms with Gasteiger partial charge >= 0.3 is 0 Å². The molecular weight excluding hydrogens is 342 g/mol. The number of amides is 1. The number of aromatic nitrogens is 1. The number of thiazole rings is 1. The summed E-state index contributed by atoms with van der Waals surface area (Å²) in [6, 6.07) is 7.41. The van der Waals surface area contributed by atoms with Crippen molar-refractivity contribution in [3.63, 3.8) is 0 Å². The number of nitrogens with one attached hydrogen (secondary N) is 2. The number of hydrogen-bond acceptors (Lipinski definition) is 4. The maximum absolute atomic E-state index is 12.7. The molecule has 0 bridgehead atoms. The van der Waals surface area contributed by atoms with Crippen LogP contribution < -0.4 is 10.6 Å². The third-order valence-corrected chi connectivity index (χ3v) is 5.95. The quantitative estimate of drug-likeness (QED) is 0.856. The lowest BCUT2D eigenvalue weighted by Gasteiger charge is -2.23. The maximum atomic E-state index is 12.7. The van der Waals surface area contributed by atoms with Gasteiger partial charge in [0, 0.05) is 16.1 Å². The third kappa shape index (κ3) is 3.79. The number of rotatable bonds is 4. The number of anilines is 1. The summed E-state index contributed by atoms with van der Waals surface area (Å²) in [7, 11) is 0. The van der Waals surface area contributed by atoms with Crippen molar-refractivity contribution in [3.8, 4) is 0 Å². The Hall–Kier alpha value is -1.43. The molecule has 1 aromatic heterocycles. The lowest BCUT2D eigenvalue weighted by Crippen LogP contribution is -2.34. The zero-order valence-electron chi connectivity index (χ0n) is 13.9. The molecule has 1 fully saturated rings. The topological polar surface area (TPSA) is 54.0 Å². The molecule has 2 heterocycles. The smallest absolute Gasteiger partial charge is 0.236 e. The van der Waals surface area contributed by atoms with Crippen LogP contribution in [-0.2, 0) is 10.2 Å². The molecule has 6 heteroatoms. The van der Waals surface area contributed by atoms with Gasteiger partial charge in [0.15, 0.2) is 5.13 Å². The van der Waals surface area contributed by atoms with Gasteiger partial charge in [0.2, 0.25) is 5.91 Å². The Morgan fingerprint density at radius 3 is 2.62 bits per heavy atom. The van der Waals surface area contributed by atoms with E-state index < -0.39 is 5.41 Å². The van der Waals surface area contributed by atoms with Crippen LogP contribution in [0.15, 0.2) is 30.5 Å². The Morgan fingerprint density at radius 1 is 1.29 bits per heavy atom. The minimum atomic E-state index is -0.648. The van der Waals surface area contributed by atoms with Crippen LogP contribution in [0.3, 0.4) is 0 Å². The molecule has 1 aliphatic heterocycles. The summed E-state index contributed by atoms with van der Waals surface area (Å²) in [5.74, 6) is 0.495. The average molecular weight is 364 g/mol. The molecule has 1 aliphatic rings. The second-order valence-corrected chi connectivity index (χ2v) is 8.18. The first-order valence-corrected chi connectivity index (χ1v) is 9.40. The van der Waals surface area contributed by atoms with Crippen LogP contribution >= 0.6 is 22.9 Å². The number of carbonyl (C=O) groups excluding carboxylic acids is 1. The predicted octanol–water partition coefficient (Wildman–Crippen LogP) is 4.18. The van der Waals surface area contributed by atoms with Crippen LogP contribution in [-0.4, -0.2) is 24.0 Å². The highest BCUT2D eigenvalue weighted by Gasteiger charge is 2.30. The summed E-state index contributed by atoms with van der Waals surface area (Å²) in [5.41, 5.74) is 0.282. The first kappa shape index (κ1) is 17.4. The summed E-state index contributed by atoms with van der Waals surface area (Å²) >= 11 is 7.52. The molecule has 24 heavy (non-hydrogen) atoms. The molecule has 0 saturated carbocycles. The first-order valence-electron chi connectivity index (χ1n) is 8.21. The molecule has 0 unspecified atom stereocenters. The van der Waals surface area contributed by atoms with Crippen LogP contribution in [0.5, 0.6) is 0 Å². The molecule has 0 radical (unpaired) electrons. The molecular formula is C18H22ClN3OS. The average Bonchev–Trinajstić information content (AvgIpc) is 3.04. The van der Waals surface area contributed by atoms with E-state index in [0.717, 1.165) is 31.5 Å². The van der Waals surface area contributed by atoms with Crippen molar-refractivity contribution in [1.29, 1.82) is 0 Å². The highest BCUT2D eigenvalue weighted by Crippen LogP contribution is 2.33. The minimum Gasteiger partial charge on any atom is -0.317 e. The maximum Gasteiger partial charge on any atom is 0.236 e. The lowest BCUT2D eigenvalue weighted by atomic mass is 9.84. The lowest BCUT2D eigenvalue weighted by molar-refractivity contribution is -0.120. The van der Waals surface area contributed by atoms with Gasteiger partial charge in [-0.3, -0.25) is 4.79 Å². The molecule has 3 rings (SSSR count). The molecule has 2 aromatic rings. The first-order chi connectivity index (χ1) is 11.5. The van der Waals surface area contributed by atoms with Gasteiger partial charge in [-0.05, 0) is 63.4 Å². The standard InChI is InChI=1S/C18H22ClN3OS/c1-18(2,13-3-5-14(19)6-4-13)16(23)22-17-21-11-15(24-17)12-7-9-20-10-8-12/h3-6,11-12,20H,7-10H2,1-2H3,(H,21,22,23). The van der Waals surface area contributed by atoms with Gasteiger partial charge in [-0.1, -0.05) is 23.7 Å². The second kappa shape index (κ2) is 7.21. The SMILES string of the molecule is CC(C)(C(=O)Nc1ncc(C2CCNCC2)s1)c1ccc(Cl)cc1. The van der Waals surface area contributed by atoms with E-state index in [-0.39, 0.29) is 5.91 Å². The normalized spacial score (nSPS) is 16.1. The van der Waals surface area contributed by atoms with Crippen LogP contribution in [0, 0.1) is 0 Å². The summed E-state index contributed by atoms with van der Waals surface area (Å²) < 4.78 is 0. The van der Waals surface area contributed by atoms with E-state index in [1.165, 1.54) is 4.88 Å². The van der Waals surface area contributed by atoms with Gasteiger partial charge in [0.1, 0.15) is 0 Å². The van der Waals surface area contributed by atoms with Crippen molar-refractivity contribution in [1.82, 2.24) is 10.3 Å². The van der Waals surface area contributed by atoms with Crippen LogP contribution in [0.1, 0.15) is 43.0 Å². The molecule has 0 atom stereocenters. The molecule has 2 N–H and O–H groups in total. The number of piperidine rings is 1. The Kier molecular flexibility index (Phi) is 5.23. The Morgan fingerprint density at radius 2 is 1.96 bits per heavy atom. The predicted molar refractivity (Wildman–Crippen MR) is 100 cm³/mol. The van der Waals surface area contributed by atoms with E-state index in [4.69, 9.17) is 11.6 Å². The molecule has 128 valence electrons. The number of carbonyl (C=O) groups is 1. The van der Waals surface area contributed by atoms with Crippen LogP contribution in [0.4, 0.5) is 5.13 Å². The van der Waals surface area contributed by atoms with E-state index in [2.05, 4.69) is 15.6 Å². The minimum absolute atomic E-state index is 0.0592. The summed E-state index contributed by atoms with van der Waals surface area (Å²) in [6.07, 6.45) is 4.17. The highest BCUT2D eigenvalue weighted by molar-refractivity contribution is 7.15. The van der Waals surface area contributed by atoms with Crippen molar-refractivity contribution in [2.45, 2.75) is 38.0 Å². The monoisotopic (exact) mass is 363 g/mol. The largest absolute Gasteiger partial charge is 0.317 e. The van der Waals surface area contributed by atoms with Gasteiger partial charge in [0.05, 0.1) is 5.41 Å². The third-order valence-electron chi connectivity index (χ3n) is 4.62. The summed E-state index contributed by atoms with van der Waals surface area (Å²) in [5, 5.41) is 7.69. The number of halogens is 1. The fourth-order valence-corrected chi connectivity index (χ4v) is 4.00. The summed E-state index contributed by atoms with van der Waals surface area (Å²) in [6.45, 7) is 5.92. The molecule has 1 amide bonds. The molecule has 1 aromatic carbocycles. The summed E-state index contributed by atoms with van der Waals surface area (Å²) in [4.78, 5) is 18.4. The molecule has 0 spiro atoms. The van der Waals surface area contributed by atoms with Gasteiger partial charge in [-0.15, -0.1) is 11.3 Å². The number of hydrogen-bond donors (Lipinski definition) is 2. The fourth-order valence-electron chi connectivity index (χ4n) is 2.89. The van der Waals surface area contributed by atoms with E-state index in [0.29, 0.717) is 16.1 Å². The zero-order chi connectivity index (χ0) is 17.2. The van der Waals surface area contributed by atoms with Gasteiger partial charge < -0.3 is 10.6 Å². The fraction of sp³-hybridized carbons (Fsp3) is 0.444. The highest BCUT2D eigenvalue weighted by atomic mass is 35.5. The Balaban J connectivity index is 1.69. The van der Waals surface area contributed by atoms with E-state index in [1.807, 2.05) is 44.3 Å². The van der Waals surface area contributed by atoms with E-state index in [9.17, 15) is 4.79 Å². The van der Waals surface area contributed by atoms with Gasteiger partial charge in [-0.2, -0.15) is 0 Å². The molecule has 4 nitrogen and oxygen atoms in total. The Bertz CT molecular complexity index is 705. The van der Waals surface area contributed by atoms with Crippen molar-refractivity contribution < 1.29 is 4.79 Å². The second-order valence-electron chi connectivity index (χ2n) is 6.68. The number of nitrogens with zero attached hydrogens (tertiary/aromatic N) is 1. The van der Waals surface area contributed by atoms with E-state index >= 15 is 0 Å². The van der Waals surface area contributed by atoms with Crippen molar-refractivity contribution in [2.75, 3.05) is 18.4 Å². The van der Waals surface area contributed by atoms with E-state index in [1.54, 1.807) is 11.3 Å². The van der Waals surface area contributed by atoms with Crippen molar-refractivity contribution >= 4 is 34.0 Å². The van der Waals surface area contributed by atoms with Crippen LogP contribution in [0.25, 0.3) is 0 Å². The van der Waals surface area contributed by atoms with Gasteiger partial charge in [-0.25, -0.2) is 4.98 Å². The van der Waals surface area contributed by atoms with Crippen molar-refractivity contribution in [2.24, 2.45) is 0 Å². The van der Waals surface area contributed by atoms with Crippen molar-refractivity contribution in [3.05, 3.63) is 45.9 Å². The molecule has 1 saturated heterocycles.